The molecule has 1 unspecified atom stereocenters. The van der Waals surface area contributed by atoms with Crippen molar-refractivity contribution in [3.05, 3.63) is 70.6 Å². The van der Waals surface area contributed by atoms with Gasteiger partial charge in [0, 0.05) is 17.8 Å². The lowest BCUT2D eigenvalue weighted by molar-refractivity contribution is -0.122. The van der Waals surface area contributed by atoms with Crippen LogP contribution in [0, 0.1) is 5.92 Å². The molecule has 1 aliphatic heterocycles. The molecule has 1 aliphatic rings. The summed E-state index contributed by atoms with van der Waals surface area (Å²) in [7, 11) is 0. The highest BCUT2D eigenvalue weighted by atomic mass is 16.5. The zero-order valence-corrected chi connectivity index (χ0v) is 14.2. The molecule has 0 fully saturated rings. The molecule has 4 rings (SSSR count). The summed E-state index contributed by atoms with van der Waals surface area (Å²) >= 11 is 0. The first-order chi connectivity index (χ1) is 12.7. The average molecular weight is 349 g/mol. The van der Waals surface area contributed by atoms with E-state index in [1.165, 1.54) is 4.68 Å². The lowest BCUT2D eigenvalue weighted by Gasteiger charge is -2.25. The third kappa shape index (κ3) is 3.31. The van der Waals surface area contributed by atoms with E-state index in [1.54, 1.807) is 18.3 Å². The number of benzene rings is 2. The van der Waals surface area contributed by atoms with Crippen molar-refractivity contribution < 1.29 is 9.53 Å². The second-order valence-corrected chi connectivity index (χ2v) is 6.49. The SMILES string of the molecule is O=C(Cn1ncc2ccccc2c1=O)NCC1COc2ccccc2C1. The number of aromatic nitrogens is 2. The molecule has 6 nitrogen and oxygen atoms in total. The van der Waals surface area contributed by atoms with Crippen LogP contribution >= 0.6 is 0 Å². The number of amides is 1. The minimum atomic E-state index is -0.256. The first-order valence-electron chi connectivity index (χ1n) is 8.63. The summed E-state index contributed by atoms with van der Waals surface area (Å²) in [6.45, 7) is 0.995. The number of nitrogens with zero attached hydrogens (tertiary/aromatic N) is 2. The number of para-hydroxylation sites is 1. The van der Waals surface area contributed by atoms with Gasteiger partial charge >= 0.3 is 0 Å². The van der Waals surface area contributed by atoms with Crippen molar-refractivity contribution in [1.29, 1.82) is 0 Å². The maximum Gasteiger partial charge on any atom is 0.275 e. The van der Waals surface area contributed by atoms with Crippen LogP contribution in [-0.4, -0.2) is 28.8 Å². The standard InChI is InChI=1S/C20H19N3O3/c24-19(12-23-20(25)17-7-3-1-6-16(17)11-22-23)21-10-14-9-15-5-2-4-8-18(15)26-13-14/h1-8,11,14H,9-10,12-13H2,(H,21,24). The lowest BCUT2D eigenvalue weighted by atomic mass is 9.97. The molecule has 0 radical (unpaired) electrons. The first-order valence-corrected chi connectivity index (χ1v) is 8.63. The molecule has 0 saturated heterocycles. The van der Waals surface area contributed by atoms with Gasteiger partial charge in [0.05, 0.1) is 18.2 Å². The fourth-order valence-corrected chi connectivity index (χ4v) is 3.21. The Kier molecular flexibility index (Phi) is 4.39. The summed E-state index contributed by atoms with van der Waals surface area (Å²) in [4.78, 5) is 24.6. The summed E-state index contributed by atoms with van der Waals surface area (Å²) in [5, 5.41) is 8.31. The van der Waals surface area contributed by atoms with Gasteiger partial charge in [0.2, 0.25) is 5.91 Å². The normalized spacial score (nSPS) is 15.9. The lowest BCUT2D eigenvalue weighted by Crippen LogP contribution is -2.38. The average Bonchev–Trinajstić information content (AvgIpc) is 2.68. The van der Waals surface area contributed by atoms with Gasteiger partial charge in [-0.2, -0.15) is 5.10 Å². The molecule has 0 aliphatic carbocycles. The van der Waals surface area contributed by atoms with Gasteiger partial charge in [0.1, 0.15) is 12.3 Å². The van der Waals surface area contributed by atoms with Gasteiger partial charge in [-0.3, -0.25) is 9.59 Å². The predicted octanol–water partition coefficient (Wildman–Crippen LogP) is 1.76. The van der Waals surface area contributed by atoms with Gasteiger partial charge in [-0.05, 0) is 24.1 Å². The molecule has 1 aromatic heterocycles. The van der Waals surface area contributed by atoms with Crippen LogP contribution < -0.4 is 15.6 Å². The smallest absolute Gasteiger partial charge is 0.275 e. The molecule has 1 amide bonds. The minimum Gasteiger partial charge on any atom is -0.493 e. The largest absolute Gasteiger partial charge is 0.493 e. The molecular weight excluding hydrogens is 330 g/mol. The Bertz CT molecular complexity index is 1010. The monoisotopic (exact) mass is 349 g/mol. The number of ether oxygens (including phenoxy) is 1. The maximum absolute atomic E-state index is 12.4. The molecule has 26 heavy (non-hydrogen) atoms. The Balaban J connectivity index is 1.38. The van der Waals surface area contributed by atoms with E-state index >= 15 is 0 Å². The zero-order valence-electron chi connectivity index (χ0n) is 14.2. The summed E-state index contributed by atoms with van der Waals surface area (Å²) in [6, 6.07) is 15.2. The van der Waals surface area contributed by atoms with Gasteiger partial charge in [0.25, 0.3) is 5.56 Å². The van der Waals surface area contributed by atoms with E-state index in [2.05, 4.69) is 10.4 Å². The number of fused-ring (bicyclic) bond motifs is 2. The van der Waals surface area contributed by atoms with Crippen molar-refractivity contribution in [1.82, 2.24) is 15.1 Å². The van der Waals surface area contributed by atoms with E-state index in [9.17, 15) is 9.59 Å². The van der Waals surface area contributed by atoms with Gasteiger partial charge in [0.15, 0.2) is 0 Å². The Morgan fingerprint density at radius 2 is 2.00 bits per heavy atom. The van der Waals surface area contributed by atoms with Crippen molar-refractivity contribution in [2.75, 3.05) is 13.2 Å². The van der Waals surface area contributed by atoms with Crippen molar-refractivity contribution >= 4 is 16.7 Å². The van der Waals surface area contributed by atoms with E-state index in [0.717, 1.165) is 23.1 Å². The van der Waals surface area contributed by atoms with E-state index in [4.69, 9.17) is 4.74 Å². The van der Waals surface area contributed by atoms with E-state index in [-0.39, 0.29) is 23.9 Å². The molecule has 3 aromatic rings. The highest BCUT2D eigenvalue weighted by Gasteiger charge is 2.20. The summed E-state index contributed by atoms with van der Waals surface area (Å²) in [5.74, 6) is 0.908. The fourth-order valence-electron chi connectivity index (χ4n) is 3.21. The van der Waals surface area contributed by atoms with E-state index in [0.29, 0.717) is 18.5 Å². The molecule has 1 atom stereocenters. The Morgan fingerprint density at radius 3 is 2.92 bits per heavy atom. The molecule has 0 spiro atoms. The van der Waals surface area contributed by atoms with Gasteiger partial charge < -0.3 is 10.1 Å². The number of carbonyl (C=O) groups is 1. The topological polar surface area (TPSA) is 73.2 Å². The van der Waals surface area contributed by atoms with Crippen LogP contribution in [0.4, 0.5) is 0 Å². The van der Waals surface area contributed by atoms with Crippen LogP contribution in [0.15, 0.2) is 59.5 Å². The molecule has 0 bridgehead atoms. The molecule has 132 valence electrons. The Morgan fingerprint density at radius 1 is 1.19 bits per heavy atom. The predicted molar refractivity (Wildman–Crippen MR) is 98.1 cm³/mol. The Hall–Kier alpha value is -3.15. The fraction of sp³-hybridized carbons (Fsp3) is 0.250. The summed E-state index contributed by atoms with van der Waals surface area (Å²) in [6.07, 6.45) is 2.47. The van der Waals surface area contributed by atoms with Crippen LogP contribution in [-0.2, 0) is 17.8 Å². The third-order valence-electron chi connectivity index (χ3n) is 4.60. The molecule has 2 heterocycles. The van der Waals surface area contributed by atoms with Gasteiger partial charge in [-0.1, -0.05) is 36.4 Å². The minimum absolute atomic E-state index is 0.0895. The second-order valence-electron chi connectivity index (χ2n) is 6.49. The van der Waals surface area contributed by atoms with Crippen molar-refractivity contribution in [2.45, 2.75) is 13.0 Å². The van der Waals surface area contributed by atoms with Crippen LogP contribution in [0.3, 0.4) is 0 Å². The highest BCUT2D eigenvalue weighted by molar-refractivity contribution is 5.81. The summed E-state index contributed by atoms with van der Waals surface area (Å²) in [5.41, 5.74) is 0.901. The van der Waals surface area contributed by atoms with Crippen LogP contribution in [0.5, 0.6) is 5.75 Å². The third-order valence-corrected chi connectivity index (χ3v) is 4.60. The van der Waals surface area contributed by atoms with E-state index in [1.807, 2.05) is 36.4 Å². The molecule has 6 heteroatoms. The van der Waals surface area contributed by atoms with Crippen LogP contribution in [0.2, 0.25) is 0 Å². The number of hydrogen-bond donors (Lipinski definition) is 1. The van der Waals surface area contributed by atoms with Crippen LogP contribution in [0.25, 0.3) is 10.8 Å². The highest BCUT2D eigenvalue weighted by Crippen LogP contribution is 2.26. The van der Waals surface area contributed by atoms with Crippen molar-refractivity contribution in [3.8, 4) is 5.75 Å². The molecular formula is C20H19N3O3. The van der Waals surface area contributed by atoms with Gasteiger partial charge in [-0.25, -0.2) is 4.68 Å². The zero-order chi connectivity index (χ0) is 17.9. The second kappa shape index (κ2) is 7.00. The quantitative estimate of drug-likeness (QED) is 0.779. The number of nitrogens with one attached hydrogen (secondary N) is 1. The molecule has 2 aromatic carbocycles. The van der Waals surface area contributed by atoms with Crippen LogP contribution in [0.1, 0.15) is 5.56 Å². The number of carbonyl (C=O) groups excluding carboxylic acids is 1. The Labute approximate surface area is 150 Å². The number of hydrogen-bond acceptors (Lipinski definition) is 4. The van der Waals surface area contributed by atoms with Crippen molar-refractivity contribution in [2.24, 2.45) is 5.92 Å². The summed E-state index contributed by atoms with van der Waals surface area (Å²) < 4.78 is 6.93. The van der Waals surface area contributed by atoms with Crippen molar-refractivity contribution in [3.63, 3.8) is 0 Å². The van der Waals surface area contributed by atoms with Gasteiger partial charge in [-0.15, -0.1) is 0 Å². The number of rotatable bonds is 4. The first kappa shape index (κ1) is 16.3. The molecule has 1 N–H and O–H groups in total. The van der Waals surface area contributed by atoms with E-state index < -0.39 is 0 Å². The molecule has 0 saturated carbocycles. The maximum atomic E-state index is 12.4.